The van der Waals surface area contributed by atoms with E-state index in [1.807, 2.05) is 12.1 Å². The van der Waals surface area contributed by atoms with Crippen molar-refractivity contribution in [3.63, 3.8) is 0 Å². The van der Waals surface area contributed by atoms with Crippen molar-refractivity contribution in [2.45, 2.75) is 32.1 Å². The highest BCUT2D eigenvalue weighted by atomic mass is 79.9. The first kappa shape index (κ1) is 16.1. The Labute approximate surface area is 135 Å². The summed E-state index contributed by atoms with van der Waals surface area (Å²) in [6.07, 6.45) is 5.70. The molecule has 1 aliphatic rings. The van der Waals surface area contributed by atoms with E-state index in [1.165, 1.54) is 24.8 Å². The molecule has 0 bridgehead atoms. The predicted molar refractivity (Wildman–Crippen MR) is 90.9 cm³/mol. The number of aryl methyl sites for hydroxylation is 1. The highest BCUT2D eigenvalue weighted by Crippen LogP contribution is 2.24. The molecule has 116 valence electrons. The van der Waals surface area contributed by atoms with Crippen molar-refractivity contribution in [3.05, 3.63) is 28.2 Å². The van der Waals surface area contributed by atoms with Crippen LogP contribution in [0.1, 0.15) is 31.2 Å². The molecular formula is C16H24BrN3O. The molecule has 0 unspecified atom stereocenters. The Morgan fingerprint density at radius 3 is 2.81 bits per heavy atom. The van der Waals surface area contributed by atoms with Gasteiger partial charge in [-0.3, -0.25) is 4.99 Å². The summed E-state index contributed by atoms with van der Waals surface area (Å²) in [4.78, 5) is 6.70. The van der Waals surface area contributed by atoms with Crippen molar-refractivity contribution in [2.75, 3.05) is 26.7 Å². The third-order valence-electron chi connectivity index (χ3n) is 3.81. The highest BCUT2D eigenvalue weighted by Gasteiger charge is 2.11. The molecule has 1 aromatic carbocycles. The lowest BCUT2D eigenvalue weighted by Gasteiger charge is -2.27. The van der Waals surface area contributed by atoms with Crippen molar-refractivity contribution in [1.82, 2.24) is 4.90 Å². The second-order valence-corrected chi connectivity index (χ2v) is 6.26. The van der Waals surface area contributed by atoms with Crippen LogP contribution in [0, 0.1) is 0 Å². The van der Waals surface area contributed by atoms with Crippen LogP contribution in [0.4, 0.5) is 0 Å². The number of rotatable bonds is 5. The molecule has 21 heavy (non-hydrogen) atoms. The molecule has 1 aliphatic heterocycles. The van der Waals surface area contributed by atoms with E-state index >= 15 is 0 Å². The number of nitrogens with two attached hydrogens (primary N) is 1. The monoisotopic (exact) mass is 353 g/mol. The summed E-state index contributed by atoms with van der Waals surface area (Å²) in [5, 5.41) is 0. The second kappa shape index (κ2) is 8.27. The number of benzene rings is 1. The van der Waals surface area contributed by atoms with Gasteiger partial charge in [-0.25, -0.2) is 0 Å². The number of nitrogens with zero attached hydrogens (tertiary/aromatic N) is 2. The maximum absolute atomic E-state index is 6.05. The first-order valence-electron chi connectivity index (χ1n) is 7.58. The Balaban J connectivity index is 1.81. The van der Waals surface area contributed by atoms with Crippen LogP contribution in [-0.4, -0.2) is 37.6 Å². The molecule has 5 heteroatoms. The fraction of sp³-hybridized carbons (Fsp3) is 0.562. The van der Waals surface area contributed by atoms with E-state index < -0.39 is 0 Å². The maximum atomic E-state index is 6.05. The van der Waals surface area contributed by atoms with Gasteiger partial charge in [0.1, 0.15) is 5.75 Å². The van der Waals surface area contributed by atoms with Gasteiger partial charge < -0.3 is 15.4 Å². The van der Waals surface area contributed by atoms with E-state index in [0.717, 1.165) is 42.7 Å². The van der Waals surface area contributed by atoms with Gasteiger partial charge in [0.05, 0.1) is 7.11 Å². The van der Waals surface area contributed by atoms with Crippen LogP contribution in [0.15, 0.2) is 27.7 Å². The number of likely N-dealkylation sites (tertiary alicyclic amines) is 1. The SMILES string of the molecule is COc1cc(Br)ccc1CCCN=C(N)N1CCCCC1. The zero-order valence-corrected chi connectivity index (χ0v) is 14.2. The third kappa shape index (κ3) is 4.92. The summed E-state index contributed by atoms with van der Waals surface area (Å²) in [5.41, 5.74) is 7.26. The van der Waals surface area contributed by atoms with Crippen LogP contribution in [0.3, 0.4) is 0 Å². The van der Waals surface area contributed by atoms with Gasteiger partial charge in [0.15, 0.2) is 5.96 Å². The fourth-order valence-electron chi connectivity index (χ4n) is 2.61. The van der Waals surface area contributed by atoms with Crippen molar-refractivity contribution >= 4 is 21.9 Å². The van der Waals surface area contributed by atoms with Crippen LogP contribution in [0.2, 0.25) is 0 Å². The van der Waals surface area contributed by atoms with E-state index in [1.54, 1.807) is 7.11 Å². The fourth-order valence-corrected chi connectivity index (χ4v) is 2.95. The number of halogens is 1. The number of aliphatic imine (C=N–C) groups is 1. The Morgan fingerprint density at radius 1 is 1.33 bits per heavy atom. The van der Waals surface area contributed by atoms with E-state index in [9.17, 15) is 0 Å². The average Bonchev–Trinajstić information content (AvgIpc) is 2.53. The Morgan fingerprint density at radius 2 is 2.10 bits per heavy atom. The summed E-state index contributed by atoms with van der Waals surface area (Å²) in [5.74, 6) is 1.63. The molecule has 0 spiro atoms. The average molecular weight is 354 g/mol. The number of methoxy groups -OCH3 is 1. The zero-order chi connectivity index (χ0) is 15.1. The first-order valence-corrected chi connectivity index (χ1v) is 8.37. The van der Waals surface area contributed by atoms with Gasteiger partial charge in [-0.05, 0) is 49.8 Å². The van der Waals surface area contributed by atoms with Gasteiger partial charge in [0, 0.05) is 24.1 Å². The van der Waals surface area contributed by atoms with Crippen LogP contribution in [0.5, 0.6) is 5.75 Å². The van der Waals surface area contributed by atoms with Gasteiger partial charge in [0.25, 0.3) is 0 Å². The van der Waals surface area contributed by atoms with E-state index in [0.29, 0.717) is 5.96 Å². The van der Waals surface area contributed by atoms with E-state index in [4.69, 9.17) is 10.5 Å². The number of piperidine rings is 1. The summed E-state index contributed by atoms with van der Waals surface area (Å²) in [6.45, 7) is 2.87. The van der Waals surface area contributed by atoms with E-state index in [2.05, 4.69) is 31.9 Å². The highest BCUT2D eigenvalue weighted by molar-refractivity contribution is 9.10. The van der Waals surface area contributed by atoms with Gasteiger partial charge in [-0.1, -0.05) is 22.0 Å². The standard InChI is InChI=1S/C16H24BrN3O/c1-21-15-12-14(17)8-7-13(15)6-5-9-19-16(18)20-10-3-2-4-11-20/h7-8,12H,2-6,9-11H2,1H3,(H2,18,19). The molecule has 0 aromatic heterocycles. The maximum Gasteiger partial charge on any atom is 0.191 e. The molecule has 4 nitrogen and oxygen atoms in total. The minimum Gasteiger partial charge on any atom is -0.496 e. The Bertz CT molecular complexity index is 484. The van der Waals surface area contributed by atoms with Crippen LogP contribution in [0.25, 0.3) is 0 Å². The van der Waals surface area contributed by atoms with Crippen molar-refractivity contribution < 1.29 is 4.74 Å². The largest absolute Gasteiger partial charge is 0.496 e. The third-order valence-corrected chi connectivity index (χ3v) is 4.30. The first-order chi connectivity index (χ1) is 10.2. The van der Waals surface area contributed by atoms with Gasteiger partial charge in [0.2, 0.25) is 0 Å². The molecule has 1 saturated heterocycles. The number of ether oxygens (including phenoxy) is 1. The molecule has 0 aliphatic carbocycles. The molecule has 0 atom stereocenters. The summed E-state index contributed by atoms with van der Waals surface area (Å²) in [6, 6.07) is 6.14. The number of hydrogen-bond donors (Lipinski definition) is 1. The lowest BCUT2D eigenvalue weighted by Crippen LogP contribution is -2.40. The summed E-state index contributed by atoms with van der Waals surface area (Å²) >= 11 is 3.46. The normalized spacial score (nSPS) is 16.1. The predicted octanol–water partition coefficient (Wildman–Crippen LogP) is 3.19. The quantitative estimate of drug-likeness (QED) is 0.502. The van der Waals surface area contributed by atoms with Crippen molar-refractivity contribution in [1.29, 1.82) is 0 Å². The lowest BCUT2D eigenvalue weighted by molar-refractivity contribution is 0.338. The molecule has 1 fully saturated rings. The molecule has 0 amide bonds. The van der Waals surface area contributed by atoms with Crippen molar-refractivity contribution in [3.8, 4) is 5.75 Å². The topological polar surface area (TPSA) is 50.9 Å². The van der Waals surface area contributed by atoms with Gasteiger partial charge >= 0.3 is 0 Å². The minimum atomic E-state index is 0.706. The van der Waals surface area contributed by atoms with Crippen LogP contribution >= 0.6 is 15.9 Å². The summed E-state index contributed by atoms with van der Waals surface area (Å²) < 4.78 is 6.44. The van der Waals surface area contributed by atoms with Gasteiger partial charge in [-0.2, -0.15) is 0 Å². The molecule has 0 saturated carbocycles. The smallest absolute Gasteiger partial charge is 0.191 e. The van der Waals surface area contributed by atoms with Crippen LogP contribution in [-0.2, 0) is 6.42 Å². The minimum absolute atomic E-state index is 0.706. The second-order valence-electron chi connectivity index (χ2n) is 5.35. The molecular weight excluding hydrogens is 330 g/mol. The van der Waals surface area contributed by atoms with Crippen LogP contribution < -0.4 is 10.5 Å². The lowest BCUT2D eigenvalue weighted by atomic mass is 10.1. The van der Waals surface area contributed by atoms with E-state index in [-0.39, 0.29) is 0 Å². The molecule has 1 heterocycles. The Hall–Kier alpha value is -1.23. The molecule has 2 rings (SSSR count). The summed E-state index contributed by atoms with van der Waals surface area (Å²) in [7, 11) is 1.71. The van der Waals surface area contributed by atoms with Crippen molar-refractivity contribution in [2.24, 2.45) is 10.7 Å². The Kier molecular flexibility index (Phi) is 6.36. The van der Waals surface area contributed by atoms with Gasteiger partial charge in [-0.15, -0.1) is 0 Å². The zero-order valence-electron chi connectivity index (χ0n) is 12.6. The number of hydrogen-bond acceptors (Lipinski definition) is 2. The molecule has 1 aromatic rings. The molecule has 0 radical (unpaired) electrons. The molecule has 2 N–H and O–H groups in total. The number of guanidine groups is 1.